The Balaban J connectivity index is 1.67. The van der Waals surface area contributed by atoms with Crippen LogP contribution >= 0.6 is 0 Å². The Kier molecular flexibility index (Phi) is 2.27. The van der Waals surface area contributed by atoms with Crippen molar-refractivity contribution in [3.63, 3.8) is 0 Å². The molecule has 1 heterocycles. The fraction of sp³-hybridized carbons (Fsp3) is 0.917. The van der Waals surface area contributed by atoms with E-state index in [4.69, 9.17) is 9.84 Å². The van der Waals surface area contributed by atoms with Gasteiger partial charge in [0.05, 0.1) is 12.6 Å². The lowest BCUT2D eigenvalue weighted by Gasteiger charge is -2.29. The lowest BCUT2D eigenvalue weighted by molar-refractivity contribution is -0.140. The highest BCUT2D eigenvalue weighted by Gasteiger charge is 2.58. The summed E-state index contributed by atoms with van der Waals surface area (Å²) in [5, 5.41) is 8.70. The molecule has 3 atom stereocenters. The monoisotopic (exact) mass is 225 g/mol. The summed E-state index contributed by atoms with van der Waals surface area (Å²) in [4.78, 5) is 14.3. The quantitative estimate of drug-likeness (QED) is 0.713. The number of hydrogen-bond acceptors (Lipinski definition) is 3. The molecule has 0 bridgehead atoms. The van der Waals surface area contributed by atoms with Gasteiger partial charge in [-0.15, -0.1) is 0 Å². The Bertz CT molecular complexity index is 313. The molecule has 0 radical (unpaired) electrons. The van der Waals surface area contributed by atoms with Gasteiger partial charge in [-0.3, -0.25) is 4.79 Å². The molecule has 2 aliphatic carbocycles. The number of aliphatic hydroxyl groups is 1. The van der Waals surface area contributed by atoms with Crippen LogP contribution in [0, 0.1) is 17.3 Å². The molecule has 1 aliphatic heterocycles. The first kappa shape index (κ1) is 10.5. The third kappa shape index (κ3) is 1.55. The fourth-order valence-corrected chi connectivity index (χ4v) is 2.94. The highest BCUT2D eigenvalue weighted by molar-refractivity contribution is 5.85. The molecule has 0 spiro atoms. The number of ether oxygens (including phenoxy) is 1. The van der Waals surface area contributed by atoms with Crippen LogP contribution in [0.1, 0.15) is 26.2 Å². The lowest BCUT2D eigenvalue weighted by Crippen LogP contribution is -2.44. The van der Waals surface area contributed by atoms with Crippen molar-refractivity contribution in [2.45, 2.75) is 32.2 Å². The molecule has 4 nitrogen and oxygen atoms in total. The van der Waals surface area contributed by atoms with Crippen molar-refractivity contribution in [1.29, 1.82) is 0 Å². The second-order valence-electron chi connectivity index (χ2n) is 5.75. The SMILES string of the molecule is CC1(C(=O)N2CC3CC3C2COCO)CC1. The van der Waals surface area contributed by atoms with Crippen molar-refractivity contribution in [2.24, 2.45) is 17.3 Å². The predicted molar refractivity (Wildman–Crippen MR) is 57.5 cm³/mol. The van der Waals surface area contributed by atoms with Crippen LogP contribution in [0.3, 0.4) is 0 Å². The molecule has 16 heavy (non-hydrogen) atoms. The summed E-state index contributed by atoms with van der Waals surface area (Å²) in [6.07, 6.45) is 3.30. The molecule has 0 aromatic heterocycles. The van der Waals surface area contributed by atoms with Crippen molar-refractivity contribution < 1.29 is 14.6 Å². The Morgan fingerprint density at radius 1 is 1.56 bits per heavy atom. The number of aliphatic hydroxyl groups excluding tert-OH is 1. The van der Waals surface area contributed by atoms with E-state index in [0.717, 1.165) is 19.4 Å². The number of fused-ring (bicyclic) bond motifs is 1. The average Bonchev–Trinajstić information content (AvgIpc) is 3.17. The molecular formula is C12H19NO3. The Labute approximate surface area is 95.6 Å². The number of rotatable bonds is 4. The van der Waals surface area contributed by atoms with E-state index in [0.29, 0.717) is 24.3 Å². The van der Waals surface area contributed by atoms with E-state index in [9.17, 15) is 4.79 Å². The summed E-state index contributed by atoms with van der Waals surface area (Å²) in [5.41, 5.74) is -0.0752. The van der Waals surface area contributed by atoms with Crippen LogP contribution in [-0.2, 0) is 9.53 Å². The van der Waals surface area contributed by atoms with Crippen molar-refractivity contribution in [2.75, 3.05) is 19.9 Å². The van der Waals surface area contributed by atoms with E-state index in [2.05, 4.69) is 6.92 Å². The van der Waals surface area contributed by atoms with E-state index in [1.54, 1.807) is 0 Å². The molecule has 0 aromatic rings. The molecule has 0 aromatic carbocycles. The number of piperidine rings is 1. The largest absolute Gasteiger partial charge is 0.371 e. The van der Waals surface area contributed by atoms with Gasteiger partial charge in [0.25, 0.3) is 0 Å². The number of amides is 1. The predicted octanol–water partition coefficient (Wildman–Crippen LogP) is 0.600. The minimum atomic E-state index is -0.243. The summed E-state index contributed by atoms with van der Waals surface area (Å²) in [5.74, 6) is 1.66. The molecule has 1 amide bonds. The van der Waals surface area contributed by atoms with Gasteiger partial charge < -0.3 is 14.7 Å². The summed E-state index contributed by atoms with van der Waals surface area (Å²) in [6.45, 7) is 3.23. The normalized spacial score (nSPS) is 38.4. The third-order valence-corrected chi connectivity index (χ3v) is 4.46. The van der Waals surface area contributed by atoms with Crippen molar-refractivity contribution in [3.8, 4) is 0 Å². The van der Waals surface area contributed by atoms with E-state index in [1.165, 1.54) is 6.42 Å². The second-order valence-corrected chi connectivity index (χ2v) is 5.75. The Morgan fingerprint density at radius 2 is 2.31 bits per heavy atom. The minimum Gasteiger partial charge on any atom is -0.371 e. The molecular weight excluding hydrogens is 206 g/mol. The number of carbonyl (C=O) groups is 1. The Morgan fingerprint density at radius 3 is 2.94 bits per heavy atom. The van der Waals surface area contributed by atoms with E-state index in [-0.39, 0.29) is 18.2 Å². The maximum absolute atomic E-state index is 12.3. The average molecular weight is 225 g/mol. The molecule has 2 saturated carbocycles. The topological polar surface area (TPSA) is 49.8 Å². The van der Waals surface area contributed by atoms with Crippen molar-refractivity contribution >= 4 is 5.91 Å². The molecule has 1 saturated heterocycles. The van der Waals surface area contributed by atoms with Crippen LogP contribution in [-0.4, -0.2) is 41.9 Å². The smallest absolute Gasteiger partial charge is 0.228 e. The molecule has 1 N–H and O–H groups in total. The molecule has 4 heteroatoms. The molecule has 90 valence electrons. The summed E-state index contributed by atoms with van der Waals surface area (Å²) in [7, 11) is 0. The van der Waals surface area contributed by atoms with Crippen LogP contribution in [0.4, 0.5) is 0 Å². The first-order chi connectivity index (χ1) is 7.65. The zero-order valence-corrected chi connectivity index (χ0v) is 9.69. The van der Waals surface area contributed by atoms with Gasteiger partial charge in [0, 0.05) is 12.0 Å². The van der Waals surface area contributed by atoms with Gasteiger partial charge in [-0.2, -0.15) is 0 Å². The van der Waals surface area contributed by atoms with Gasteiger partial charge in [-0.05, 0) is 31.1 Å². The highest BCUT2D eigenvalue weighted by Crippen LogP contribution is 2.53. The summed E-state index contributed by atoms with van der Waals surface area (Å²) >= 11 is 0. The number of nitrogens with zero attached hydrogens (tertiary/aromatic N) is 1. The summed E-state index contributed by atoms with van der Waals surface area (Å²) in [6, 6.07) is 0.224. The number of hydrogen-bond donors (Lipinski definition) is 1. The third-order valence-electron chi connectivity index (χ3n) is 4.46. The van der Waals surface area contributed by atoms with E-state index >= 15 is 0 Å². The van der Waals surface area contributed by atoms with Crippen LogP contribution < -0.4 is 0 Å². The molecule has 3 aliphatic rings. The zero-order valence-electron chi connectivity index (χ0n) is 9.69. The Hall–Kier alpha value is -0.610. The van der Waals surface area contributed by atoms with Gasteiger partial charge >= 0.3 is 0 Å². The minimum absolute atomic E-state index is 0.0752. The standard InChI is InChI=1S/C12H19NO3/c1-12(2-3-12)11(15)13-5-8-4-9(8)10(13)6-16-7-14/h8-10,14H,2-7H2,1H3. The zero-order chi connectivity index (χ0) is 11.3. The highest BCUT2D eigenvalue weighted by atomic mass is 16.6. The van der Waals surface area contributed by atoms with Crippen LogP contribution in [0.15, 0.2) is 0 Å². The maximum atomic E-state index is 12.3. The van der Waals surface area contributed by atoms with Crippen LogP contribution in [0.25, 0.3) is 0 Å². The molecule has 3 rings (SSSR count). The second kappa shape index (κ2) is 3.44. The number of carbonyl (C=O) groups excluding carboxylic acids is 1. The van der Waals surface area contributed by atoms with Crippen molar-refractivity contribution in [3.05, 3.63) is 0 Å². The molecule has 3 unspecified atom stereocenters. The first-order valence-corrected chi connectivity index (χ1v) is 6.15. The van der Waals surface area contributed by atoms with Crippen LogP contribution in [0.5, 0.6) is 0 Å². The lowest BCUT2D eigenvalue weighted by atomic mass is 10.1. The van der Waals surface area contributed by atoms with Gasteiger partial charge in [0.2, 0.25) is 5.91 Å². The van der Waals surface area contributed by atoms with Gasteiger partial charge in [0.1, 0.15) is 6.79 Å². The fourth-order valence-electron chi connectivity index (χ4n) is 2.94. The maximum Gasteiger partial charge on any atom is 0.228 e. The van der Waals surface area contributed by atoms with Gasteiger partial charge in [-0.1, -0.05) is 6.92 Å². The van der Waals surface area contributed by atoms with E-state index in [1.807, 2.05) is 4.90 Å². The van der Waals surface area contributed by atoms with Gasteiger partial charge in [0.15, 0.2) is 0 Å². The number of likely N-dealkylation sites (tertiary alicyclic amines) is 1. The van der Waals surface area contributed by atoms with E-state index < -0.39 is 0 Å². The van der Waals surface area contributed by atoms with Crippen molar-refractivity contribution in [1.82, 2.24) is 4.90 Å². The van der Waals surface area contributed by atoms with Crippen LogP contribution in [0.2, 0.25) is 0 Å². The van der Waals surface area contributed by atoms with Gasteiger partial charge in [-0.25, -0.2) is 0 Å². The first-order valence-electron chi connectivity index (χ1n) is 6.15. The summed E-state index contributed by atoms with van der Waals surface area (Å²) < 4.78 is 5.09. The molecule has 3 fully saturated rings.